The summed E-state index contributed by atoms with van der Waals surface area (Å²) < 4.78 is 7.62. The number of fused-ring (bicyclic) bond motifs is 3. The van der Waals surface area contributed by atoms with E-state index in [0.717, 1.165) is 49.4 Å². The van der Waals surface area contributed by atoms with Crippen LogP contribution in [0.15, 0.2) is 35.1 Å². The molecule has 2 aliphatic heterocycles. The summed E-state index contributed by atoms with van der Waals surface area (Å²) in [4.78, 5) is 26.7. The molecule has 0 bridgehead atoms. The van der Waals surface area contributed by atoms with Gasteiger partial charge in [-0.05, 0) is 31.4 Å². The molecule has 30 heavy (non-hydrogen) atoms. The highest BCUT2D eigenvalue weighted by Gasteiger charge is 2.40. The molecule has 0 saturated carbocycles. The number of urea groups is 1. The van der Waals surface area contributed by atoms with Crippen molar-refractivity contribution in [3.05, 3.63) is 42.1 Å². The second kappa shape index (κ2) is 7.27. The molecule has 2 aliphatic rings. The SMILES string of the molecule is CC[C@H]1c2c(-c3nc(C(C)C)no3)ncn2-c2ccccc2N1C(=O)N1CCCC1. The maximum Gasteiger partial charge on any atom is 0.325 e. The number of carbonyl (C=O) groups is 1. The molecule has 156 valence electrons. The van der Waals surface area contributed by atoms with Gasteiger partial charge in [0.15, 0.2) is 11.5 Å². The van der Waals surface area contributed by atoms with E-state index in [-0.39, 0.29) is 18.0 Å². The monoisotopic (exact) mass is 406 g/mol. The quantitative estimate of drug-likeness (QED) is 0.638. The summed E-state index contributed by atoms with van der Waals surface area (Å²) in [6.45, 7) is 7.76. The van der Waals surface area contributed by atoms with Crippen molar-refractivity contribution in [3.63, 3.8) is 0 Å². The van der Waals surface area contributed by atoms with Crippen molar-refractivity contribution in [1.82, 2.24) is 24.6 Å². The average Bonchev–Trinajstić information content (AvgIpc) is 3.52. The largest absolute Gasteiger partial charge is 0.332 e. The summed E-state index contributed by atoms with van der Waals surface area (Å²) in [7, 11) is 0. The van der Waals surface area contributed by atoms with Gasteiger partial charge in [0.25, 0.3) is 5.89 Å². The minimum atomic E-state index is -0.167. The lowest BCUT2D eigenvalue weighted by Gasteiger charge is -2.39. The highest BCUT2D eigenvalue weighted by Crippen LogP contribution is 2.44. The Labute approximate surface area is 175 Å². The number of rotatable bonds is 3. The van der Waals surface area contributed by atoms with Crippen LogP contribution < -0.4 is 4.90 Å². The molecule has 1 fully saturated rings. The number of hydrogen-bond donors (Lipinski definition) is 0. The number of hydrogen-bond acceptors (Lipinski definition) is 5. The zero-order valence-electron chi connectivity index (χ0n) is 17.6. The smallest absolute Gasteiger partial charge is 0.325 e. The van der Waals surface area contributed by atoms with E-state index in [1.165, 1.54) is 0 Å². The second-order valence-corrected chi connectivity index (χ2v) is 8.22. The Balaban J connectivity index is 1.66. The van der Waals surface area contributed by atoms with Crippen molar-refractivity contribution >= 4 is 11.7 Å². The van der Waals surface area contributed by atoms with Gasteiger partial charge in [-0.3, -0.25) is 9.47 Å². The lowest BCUT2D eigenvalue weighted by molar-refractivity contribution is 0.212. The molecule has 8 heteroatoms. The molecule has 5 rings (SSSR count). The fraction of sp³-hybridized carbons (Fsp3) is 0.455. The van der Waals surface area contributed by atoms with E-state index < -0.39 is 0 Å². The average molecular weight is 406 g/mol. The van der Waals surface area contributed by atoms with Crippen molar-refractivity contribution in [3.8, 4) is 17.3 Å². The first kappa shape index (κ1) is 18.8. The van der Waals surface area contributed by atoms with Gasteiger partial charge in [-0.25, -0.2) is 9.78 Å². The first-order valence-electron chi connectivity index (χ1n) is 10.7. The Bertz CT molecular complexity index is 1080. The number of imidazole rings is 1. The fourth-order valence-electron chi connectivity index (χ4n) is 4.43. The molecule has 0 radical (unpaired) electrons. The number of carbonyl (C=O) groups excluding carboxylic acids is 1. The van der Waals surface area contributed by atoms with Gasteiger partial charge < -0.3 is 9.42 Å². The summed E-state index contributed by atoms with van der Waals surface area (Å²) in [5.41, 5.74) is 3.41. The third kappa shape index (κ3) is 2.81. The van der Waals surface area contributed by atoms with Crippen LogP contribution in [0.3, 0.4) is 0 Å². The fourth-order valence-corrected chi connectivity index (χ4v) is 4.43. The van der Waals surface area contributed by atoms with Crippen molar-refractivity contribution in [2.75, 3.05) is 18.0 Å². The van der Waals surface area contributed by atoms with E-state index in [1.807, 2.05) is 47.9 Å². The summed E-state index contributed by atoms with van der Waals surface area (Å²) in [5, 5.41) is 4.11. The zero-order valence-corrected chi connectivity index (χ0v) is 17.6. The topological polar surface area (TPSA) is 80.3 Å². The summed E-state index contributed by atoms with van der Waals surface area (Å²) >= 11 is 0. The molecule has 8 nitrogen and oxygen atoms in total. The number of likely N-dealkylation sites (tertiary alicyclic amines) is 1. The number of aromatic nitrogens is 4. The van der Waals surface area contributed by atoms with Crippen LogP contribution in [-0.2, 0) is 0 Å². The Morgan fingerprint density at radius 3 is 2.60 bits per heavy atom. The molecule has 0 unspecified atom stereocenters. The predicted octanol–water partition coefficient (Wildman–Crippen LogP) is 4.53. The molecule has 4 heterocycles. The van der Waals surface area contributed by atoms with E-state index in [2.05, 4.69) is 26.6 Å². The van der Waals surface area contributed by atoms with Gasteiger partial charge in [0.05, 0.1) is 23.1 Å². The summed E-state index contributed by atoms with van der Waals surface area (Å²) in [5.74, 6) is 1.22. The Morgan fingerprint density at radius 2 is 1.93 bits per heavy atom. The van der Waals surface area contributed by atoms with E-state index >= 15 is 0 Å². The van der Waals surface area contributed by atoms with Gasteiger partial charge in [0.2, 0.25) is 0 Å². The van der Waals surface area contributed by atoms with Crippen molar-refractivity contribution in [2.24, 2.45) is 0 Å². The normalized spacial score (nSPS) is 18.1. The molecule has 2 amide bonds. The maximum absolute atomic E-state index is 13.6. The number of nitrogens with zero attached hydrogens (tertiary/aromatic N) is 6. The molecule has 0 aliphatic carbocycles. The molecule has 1 atom stereocenters. The lowest BCUT2D eigenvalue weighted by Crippen LogP contribution is -2.46. The first-order valence-corrected chi connectivity index (χ1v) is 10.7. The van der Waals surface area contributed by atoms with Gasteiger partial charge in [-0.15, -0.1) is 0 Å². The van der Waals surface area contributed by atoms with Gasteiger partial charge in [0, 0.05) is 19.0 Å². The van der Waals surface area contributed by atoms with Crippen LogP contribution in [0.4, 0.5) is 10.5 Å². The summed E-state index contributed by atoms with van der Waals surface area (Å²) in [6.07, 6.45) is 4.66. The van der Waals surface area contributed by atoms with E-state index in [0.29, 0.717) is 17.4 Å². The molecule has 2 aromatic heterocycles. The molecule has 1 aromatic carbocycles. The number of amides is 2. The van der Waals surface area contributed by atoms with E-state index in [1.54, 1.807) is 6.33 Å². The number of benzene rings is 1. The minimum absolute atomic E-state index is 0.0543. The van der Waals surface area contributed by atoms with Crippen LogP contribution in [0.5, 0.6) is 0 Å². The van der Waals surface area contributed by atoms with Gasteiger partial charge in [-0.2, -0.15) is 4.98 Å². The highest BCUT2D eigenvalue weighted by atomic mass is 16.5. The van der Waals surface area contributed by atoms with Gasteiger partial charge in [0.1, 0.15) is 6.33 Å². The van der Waals surface area contributed by atoms with Crippen molar-refractivity contribution < 1.29 is 9.32 Å². The Hall–Kier alpha value is -3.16. The first-order chi connectivity index (χ1) is 14.6. The van der Waals surface area contributed by atoms with Crippen LogP contribution in [0, 0.1) is 0 Å². The van der Waals surface area contributed by atoms with Gasteiger partial charge >= 0.3 is 6.03 Å². The van der Waals surface area contributed by atoms with E-state index in [9.17, 15) is 4.79 Å². The predicted molar refractivity (Wildman–Crippen MR) is 113 cm³/mol. The summed E-state index contributed by atoms with van der Waals surface area (Å²) in [6, 6.07) is 7.88. The zero-order chi connectivity index (χ0) is 20.8. The van der Waals surface area contributed by atoms with E-state index in [4.69, 9.17) is 4.52 Å². The Kier molecular flexibility index (Phi) is 4.56. The molecular weight excluding hydrogens is 380 g/mol. The second-order valence-electron chi connectivity index (χ2n) is 8.22. The maximum atomic E-state index is 13.6. The molecule has 0 N–H and O–H groups in total. The van der Waals surface area contributed by atoms with Crippen LogP contribution in [0.25, 0.3) is 17.3 Å². The van der Waals surface area contributed by atoms with Crippen LogP contribution in [0.1, 0.15) is 63.5 Å². The molecule has 3 aromatic rings. The molecule has 0 spiro atoms. The van der Waals surface area contributed by atoms with Crippen LogP contribution in [0.2, 0.25) is 0 Å². The highest BCUT2D eigenvalue weighted by molar-refractivity contribution is 5.96. The minimum Gasteiger partial charge on any atom is -0.332 e. The third-order valence-corrected chi connectivity index (χ3v) is 5.96. The number of para-hydroxylation sites is 2. The van der Waals surface area contributed by atoms with Gasteiger partial charge in [-0.1, -0.05) is 38.1 Å². The molecule has 1 saturated heterocycles. The lowest BCUT2D eigenvalue weighted by atomic mass is 10.0. The third-order valence-electron chi connectivity index (χ3n) is 5.96. The van der Waals surface area contributed by atoms with Crippen LogP contribution in [-0.4, -0.2) is 43.7 Å². The molecular formula is C22H26N6O2. The number of anilines is 1. The Morgan fingerprint density at radius 1 is 1.20 bits per heavy atom. The van der Waals surface area contributed by atoms with Crippen molar-refractivity contribution in [1.29, 1.82) is 0 Å². The van der Waals surface area contributed by atoms with Crippen molar-refractivity contribution in [2.45, 2.75) is 52.0 Å². The van der Waals surface area contributed by atoms with Crippen LogP contribution >= 0.6 is 0 Å². The standard InChI is InChI=1S/C22H26N6O2/c1-4-15-19-18(21-24-20(14(2)3)25-30-21)23-13-27(19)16-9-5-6-10-17(16)28(15)22(29)26-11-7-8-12-26/h5-6,9-10,13-15H,4,7-8,11-12H2,1-3H3/t15-/m0/s1.